The summed E-state index contributed by atoms with van der Waals surface area (Å²) in [6.45, 7) is 10.1. The van der Waals surface area contributed by atoms with E-state index >= 15 is 0 Å². The third kappa shape index (κ3) is 4.44. The molecule has 4 aliphatic rings. The van der Waals surface area contributed by atoms with Crippen LogP contribution in [-0.2, 0) is 12.1 Å². The number of carbonyl (C=O) groups excluding carboxylic acids is 2. The van der Waals surface area contributed by atoms with Gasteiger partial charge in [-0.2, -0.15) is 5.10 Å². The zero-order valence-corrected chi connectivity index (χ0v) is 25.8. The molecule has 1 aromatic heterocycles. The summed E-state index contributed by atoms with van der Waals surface area (Å²) in [7, 11) is 3.29. The zero-order valence-electron chi connectivity index (χ0n) is 25.8. The normalized spacial score (nSPS) is 24.4. The third-order valence-electron chi connectivity index (χ3n) is 9.82. The molecule has 2 saturated heterocycles. The number of piperidine rings is 1. The summed E-state index contributed by atoms with van der Waals surface area (Å²) in [5.74, 6) is 1.14. The van der Waals surface area contributed by atoms with Crippen molar-refractivity contribution in [2.24, 2.45) is 0 Å². The predicted molar refractivity (Wildman–Crippen MR) is 161 cm³/mol. The van der Waals surface area contributed by atoms with Gasteiger partial charge >= 0.3 is 6.03 Å². The average Bonchev–Trinajstić information content (AvgIpc) is 3.43. The molecule has 0 radical (unpaired) electrons. The van der Waals surface area contributed by atoms with Gasteiger partial charge in [0, 0.05) is 48.6 Å². The van der Waals surface area contributed by atoms with Crippen molar-refractivity contribution in [2.45, 2.75) is 70.5 Å². The van der Waals surface area contributed by atoms with Gasteiger partial charge in [0.05, 0.1) is 43.6 Å². The topological polar surface area (TPSA) is 80.1 Å². The second-order valence-corrected chi connectivity index (χ2v) is 12.2. The van der Waals surface area contributed by atoms with Gasteiger partial charge in [0.15, 0.2) is 0 Å². The standard InChI is InChI=1S/C33H40FN5O4/c1-7-38-31(41)37-20-23-17-25(42-5)18-27(43-6)29(23)21(2)16-28(37)33(38)12-14-36(15-13-33)30(40)26-19-35-39(22(26)3)32(4)10-8-24(34)9-11-32/h8-10,16-19,21H,7,11-15,20H2,1-6H3/t21-,32?/m0/s1. The number of fused-ring (bicyclic) bond motifs is 3. The number of nitrogens with zero attached hydrogens (tertiary/aromatic N) is 5. The number of ether oxygens (including phenoxy) is 2. The van der Waals surface area contributed by atoms with E-state index < -0.39 is 11.1 Å². The van der Waals surface area contributed by atoms with E-state index in [2.05, 4.69) is 18.1 Å². The minimum Gasteiger partial charge on any atom is -0.497 e. The first-order valence-electron chi connectivity index (χ1n) is 15.0. The summed E-state index contributed by atoms with van der Waals surface area (Å²) in [6.07, 6.45) is 10.4. The van der Waals surface area contributed by atoms with Crippen LogP contribution in [0, 0.1) is 6.92 Å². The van der Waals surface area contributed by atoms with E-state index in [-0.39, 0.29) is 23.7 Å². The number of halogens is 1. The molecule has 43 heavy (non-hydrogen) atoms. The lowest BCUT2D eigenvalue weighted by atomic mass is 9.82. The summed E-state index contributed by atoms with van der Waals surface area (Å²) < 4.78 is 26.8. The number of carbonyl (C=O) groups is 2. The number of rotatable bonds is 5. The molecule has 1 unspecified atom stereocenters. The number of hydrogen-bond acceptors (Lipinski definition) is 5. The highest BCUT2D eigenvalue weighted by molar-refractivity contribution is 5.95. The third-order valence-corrected chi connectivity index (χ3v) is 9.82. The maximum absolute atomic E-state index is 13.9. The molecule has 0 saturated carbocycles. The summed E-state index contributed by atoms with van der Waals surface area (Å²) >= 11 is 0. The lowest BCUT2D eigenvalue weighted by molar-refractivity contribution is 0.0574. The van der Waals surface area contributed by atoms with E-state index in [0.29, 0.717) is 56.8 Å². The van der Waals surface area contributed by atoms with Gasteiger partial charge in [0.1, 0.15) is 17.3 Å². The van der Waals surface area contributed by atoms with Crippen molar-refractivity contribution in [3.05, 3.63) is 76.5 Å². The minimum atomic E-state index is -0.535. The van der Waals surface area contributed by atoms with Crippen molar-refractivity contribution in [3.8, 4) is 11.5 Å². The van der Waals surface area contributed by atoms with Gasteiger partial charge < -0.3 is 19.3 Å². The van der Waals surface area contributed by atoms with Gasteiger partial charge in [-0.1, -0.05) is 19.1 Å². The highest BCUT2D eigenvalue weighted by Crippen LogP contribution is 2.49. The SMILES string of the molecule is CCN1C(=O)N2Cc3cc(OC)cc(OC)c3[C@@H](C)C=C2C12CCN(C(=O)c1cnn(C3(C)C=CC(F)=CC3)c1C)CC2. The Morgan fingerprint density at radius 1 is 1.19 bits per heavy atom. The maximum atomic E-state index is 13.9. The second kappa shape index (κ2) is 10.6. The van der Waals surface area contributed by atoms with Crippen LogP contribution in [0.15, 0.2) is 54.2 Å². The van der Waals surface area contributed by atoms with E-state index in [1.54, 1.807) is 32.6 Å². The summed E-state index contributed by atoms with van der Waals surface area (Å²) in [4.78, 5) is 33.5. The molecule has 2 aromatic rings. The Bertz CT molecular complexity index is 1570. The molecule has 3 amide bonds. The van der Waals surface area contributed by atoms with Gasteiger partial charge in [-0.3, -0.25) is 14.4 Å². The Labute approximate surface area is 252 Å². The second-order valence-electron chi connectivity index (χ2n) is 12.2. The Hall–Kier alpha value is -4.08. The van der Waals surface area contributed by atoms with Crippen LogP contribution in [0.5, 0.6) is 11.5 Å². The number of likely N-dealkylation sites (N-methyl/N-ethyl adjacent to an activating group) is 1. The molecule has 1 aliphatic carbocycles. The van der Waals surface area contributed by atoms with Crippen LogP contribution in [0.4, 0.5) is 9.18 Å². The maximum Gasteiger partial charge on any atom is 0.325 e. The molecule has 2 atom stereocenters. The van der Waals surface area contributed by atoms with Crippen molar-refractivity contribution < 1.29 is 23.5 Å². The van der Waals surface area contributed by atoms with Gasteiger partial charge in [0.25, 0.3) is 5.91 Å². The number of urea groups is 1. The van der Waals surface area contributed by atoms with Gasteiger partial charge in [0.2, 0.25) is 0 Å². The first kappa shape index (κ1) is 29.0. The largest absolute Gasteiger partial charge is 0.497 e. The molecule has 3 aliphatic heterocycles. The number of aromatic nitrogens is 2. The molecule has 1 aromatic carbocycles. The molecule has 0 bridgehead atoms. The molecule has 1 spiro atoms. The van der Waals surface area contributed by atoms with Crippen LogP contribution >= 0.6 is 0 Å². The lowest BCUT2D eigenvalue weighted by Gasteiger charge is -2.44. The van der Waals surface area contributed by atoms with Gasteiger partial charge in [-0.15, -0.1) is 0 Å². The average molecular weight is 590 g/mol. The monoisotopic (exact) mass is 589 g/mol. The molecule has 228 valence electrons. The molecule has 0 N–H and O–H groups in total. The summed E-state index contributed by atoms with van der Waals surface area (Å²) in [6, 6.07) is 3.89. The molecule has 4 heterocycles. The first-order valence-corrected chi connectivity index (χ1v) is 15.0. The van der Waals surface area contributed by atoms with E-state index in [0.717, 1.165) is 28.3 Å². The molecular formula is C33H40FN5O4. The number of benzene rings is 1. The van der Waals surface area contributed by atoms with Crippen molar-refractivity contribution >= 4 is 11.9 Å². The van der Waals surface area contributed by atoms with E-state index in [4.69, 9.17) is 9.47 Å². The number of amides is 3. The van der Waals surface area contributed by atoms with Crippen molar-refractivity contribution in [3.63, 3.8) is 0 Å². The lowest BCUT2D eigenvalue weighted by Crippen LogP contribution is -2.54. The zero-order chi connectivity index (χ0) is 30.7. The number of likely N-dealkylation sites (tertiary alicyclic amines) is 1. The highest BCUT2D eigenvalue weighted by Gasteiger charge is 2.55. The molecular weight excluding hydrogens is 549 g/mol. The fourth-order valence-corrected chi connectivity index (χ4v) is 7.51. The van der Waals surface area contributed by atoms with Crippen molar-refractivity contribution in [1.82, 2.24) is 24.5 Å². The van der Waals surface area contributed by atoms with Crippen LogP contribution in [-0.4, -0.2) is 75.8 Å². The molecule has 10 heteroatoms. The molecule has 9 nitrogen and oxygen atoms in total. The Kier molecular flexibility index (Phi) is 7.13. The highest BCUT2D eigenvalue weighted by atomic mass is 19.1. The summed E-state index contributed by atoms with van der Waals surface area (Å²) in [5, 5.41) is 4.56. The Balaban J connectivity index is 1.27. The van der Waals surface area contributed by atoms with E-state index in [1.807, 2.05) is 52.3 Å². The first-order chi connectivity index (χ1) is 20.6. The van der Waals surface area contributed by atoms with Gasteiger partial charge in [-0.25, -0.2) is 9.18 Å². The van der Waals surface area contributed by atoms with E-state index in [9.17, 15) is 14.0 Å². The van der Waals surface area contributed by atoms with Crippen molar-refractivity contribution in [2.75, 3.05) is 33.9 Å². The molecule has 2 fully saturated rings. The number of allylic oxidation sites excluding steroid dienone is 5. The van der Waals surface area contributed by atoms with Crippen molar-refractivity contribution in [1.29, 1.82) is 0 Å². The Morgan fingerprint density at radius 3 is 2.56 bits per heavy atom. The fraction of sp³-hybridized carbons (Fsp3) is 0.485. The predicted octanol–water partition coefficient (Wildman–Crippen LogP) is 5.67. The fourth-order valence-electron chi connectivity index (χ4n) is 7.51. The van der Waals surface area contributed by atoms with Crippen LogP contribution in [0.2, 0.25) is 0 Å². The quantitative estimate of drug-likeness (QED) is 0.449. The van der Waals surface area contributed by atoms with Crippen LogP contribution in [0.1, 0.15) is 73.1 Å². The number of methoxy groups -OCH3 is 2. The van der Waals surface area contributed by atoms with Crippen LogP contribution in [0.25, 0.3) is 0 Å². The van der Waals surface area contributed by atoms with Crippen LogP contribution in [0.3, 0.4) is 0 Å². The Morgan fingerprint density at radius 2 is 1.93 bits per heavy atom. The van der Waals surface area contributed by atoms with Gasteiger partial charge in [-0.05, 0) is 63.8 Å². The minimum absolute atomic E-state index is 0.00764. The van der Waals surface area contributed by atoms with E-state index in [1.165, 1.54) is 6.08 Å². The number of hydrogen-bond donors (Lipinski definition) is 0. The smallest absolute Gasteiger partial charge is 0.325 e. The summed E-state index contributed by atoms with van der Waals surface area (Å²) in [5.41, 5.74) is 3.37. The van der Waals surface area contributed by atoms with Crippen LogP contribution < -0.4 is 9.47 Å². The molecule has 6 rings (SSSR count).